The molecule has 0 unspecified atom stereocenters. The second-order valence-corrected chi connectivity index (χ2v) is 8.66. The highest BCUT2D eigenvalue weighted by molar-refractivity contribution is 7.11. The average molecular weight is 407 g/mol. The van der Waals surface area contributed by atoms with Gasteiger partial charge >= 0.3 is 0 Å². The van der Waals surface area contributed by atoms with Gasteiger partial charge in [0.2, 0.25) is 5.95 Å². The summed E-state index contributed by atoms with van der Waals surface area (Å²) in [5.41, 5.74) is 11.2. The number of fused-ring (bicyclic) bond motifs is 1. The van der Waals surface area contributed by atoms with E-state index in [-0.39, 0.29) is 0 Å². The Morgan fingerprint density at radius 1 is 1.28 bits per heavy atom. The molecular formula is C22H26N6S. The van der Waals surface area contributed by atoms with Gasteiger partial charge in [-0.05, 0) is 24.1 Å². The highest BCUT2D eigenvalue weighted by Crippen LogP contribution is 2.27. The summed E-state index contributed by atoms with van der Waals surface area (Å²) in [5.74, 6) is 0.778. The molecule has 3 heterocycles. The van der Waals surface area contributed by atoms with Crippen molar-refractivity contribution in [1.82, 2.24) is 19.9 Å². The van der Waals surface area contributed by atoms with Crippen LogP contribution in [0, 0.1) is 6.92 Å². The molecule has 150 valence electrons. The Morgan fingerprint density at radius 3 is 2.83 bits per heavy atom. The van der Waals surface area contributed by atoms with Crippen molar-refractivity contribution in [2.45, 2.75) is 26.4 Å². The summed E-state index contributed by atoms with van der Waals surface area (Å²) in [6.45, 7) is 9.04. The maximum Gasteiger partial charge on any atom is 0.225 e. The first-order valence-corrected chi connectivity index (χ1v) is 10.6. The van der Waals surface area contributed by atoms with Crippen molar-refractivity contribution in [3.05, 3.63) is 70.1 Å². The summed E-state index contributed by atoms with van der Waals surface area (Å²) in [6, 6.07) is 8.44. The molecule has 0 amide bonds. The zero-order chi connectivity index (χ0) is 20.4. The minimum atomic E-state index is 0.463. The fourth-order valence-corrected chi connectivity index (χ4v) is 4.52. The monoisotopic (exact) mass is 406 g/mol. The summed E-state index contributed by atoms with van der Waals surface area (Å²) in [6.07, 6.45) is 4.78. The van der Waals surface area contributed by atoms with Crippen LogP contribution in [-0.4, -0.2) is 40.0 Å². The molecule has 1 aliphatic heterocycles. The first-order chi connectivity index (χ1) is 14.0. The van der Waals surface area contributed by atoms with Crippen LogP contribution < -0.4 is 10.6 Å². The molecule has 4 rings (SSSR count). The van der Waals surface area contributed by atoms with Crippen LogP contribution in [-0.2, 0) is 19.5 Å². The van der Waals surface area contributed by atoms with Crippen LogP contribution in [0.4, 0.5) is 5.95 Å². The van der Waals surface area contributed by atoms with Crippen molar-refractivity contribution in [3.63, 3.8) is 0 Å². The minimum absolute atomic E-state index is 0.463. The standard InChI is InChI=1S/C22H26N6S/c1-15(10-23)27(3)13-17-5-4-6-18(9-17)19-11-24-22(25-12-19)28-8-7-20-21(14-28)29-16(2)26-20/h4-6,9,11-12H,1,7-8,10,13-14,23H2,2-3H3. The van der Waals surface area contributed by atoms with Crippen LogP contribution in [0.3, 0.4) is 0 Å². The number of nitrogens with zero attached hydrogens (tertiary/aromatic N) is 5. The van der Waals surface area contributed by atoms with Crippen LogP contribution in [0.1, 0.15) is 21.1 Å². The summed E-state index contributed by atoms with van der Waals surface area (Å²) in [5, 5.41) is 1.13. The lowest BCUT2D eigenvalue weighted by Crippen LogP contribution is -2.31. The van der Waals surface area contributed by atoms with Gasteiger partial charge in [-0.3, -0.25) is 0 Å². The van der Waals surface area contributed by atoms with Crippen LogP contribution >= 0.6 is 11.3 Å². The molecule has 6 nitrogen and oxygen atoms in total. The van der Waals surface area contributed by atoms with Crippen LogP contribution in [0.2, 0.25) is 0 Å². The van der Waals surface area contributed by atoms with Gasteiger partial charge in [0.05, 0.1) is 17.2 Å². The number of hydrogen-bond donors (Lipinski definition) is 1. The number of aryl methyl sites for hydroxylation is 1. The summed E-state index contributed by atoms with van der Waals surface area (Å²) in [4.78, 5) is 19.5. The Bertz CT molecular complexity index is 1010. The largest absolute Gasteiger partial charge is 0.373 e. The van der Waals surface area contributed by atoms with Gasteiger partial charge in [0.15, 0.2) is 0 Å². The van der Waals surface area contributed by atoms with E-state index >= 15 is 0 Å². The second kappa shape index (κ2) is 8.31. The molecule has 2 N–H and O–H groups in total. The highest BCUT2D eigenvalue weighted by Gasteiger charge is 2.21. The summed E-state index contributed by atoms with van der Waals surface area (Å²) < 4.78 is 0. The molecule has 7 heteroatoms. The molecule has 0 fully saturated rings. The predicted molar refractivity (Wildman–Crippen MR) is 119 cm³/mol. The molecule has 0 spiro atoms. The van der Waals surface area contributed by atoms with E-state index in [0.717, 1.165) is 53.8 Å². The van der Waals surface area contributed by atoms with E-state index in [2.05, 4.69) is 62.5 Å². The zero-order valence-electron chi connectivity index (χ0n) is 16.9. The summed E-state index contributed by atoms with van der Waals surface area (Å²) in [7, 11) is 2.01. The first-order valence-electron chi connectivity index (χ1n) is 9.74. The van der Waals surface area contributed by atoms with Crippen molar-refractivity contribution in [2.24, 2.45) is 5.73 Å². The zero-order valence-corrected chi connectivity index (χ0v) is 17.7. The molecule has 1 aliphatic rings. The van der Waals surface area contributed by atoms with Gasteiger partial charge in [0.1, 0.15) is 0 Å². The molecule has 0 aliphatic carbocycles. The van der Waals surface area contributed by atoms with Crippen LogP contribution in [0.15, 0.2) is 48.9 Å². The Balaban J connectivity index is 1.48. The Labute approximate surface area is 175 Å². The van der Waals surface area contributed by atoms with Crippen molar-refractivity contribution < 1.29 is 0 Å². The van der Waals surface area contributed by atoms with Gasteiger partial charge in [-0.15, -0.1) is 11.3 Å². The molecule has 2 aromatic heterocycles. The number of aromatic nitrogens is 3. The number of thiazole rings is 1. The van der Waals surface area contributed by atoms with Gasteiger partial charge < -0.3 is 15.5 Å². The van der Waals surface area contributed by atoms with E-state index in [0.29, 0.717) is 6.54 Å². The summed E-state index contributed by atoms with van der Waals surface area (Å²) >= 11 is 1.77. The molecule has 0 radical (unpaired) electrons. The lowest BCUT2D eigenvalue weighted by molar-refractivity contribution is 0.407. The fraction of sp³-hybridized carbons (Fsp3) is 0.318. The molecular weight excluding hydrogens is 380 g/mol. The van der Waals surface area contributed by atoms with Crippen LogP contribution in [0.25, 0.3) is 11.1 Å². The topological polar surface area (TPSA) is 71.2 Å². The van der Waals surface area contributed by atoms with Gasteiger partial charge in [-0.2, -0.15) is 0 Å². The molecule has 1 aromatic carbocycles. The van der Waals surface area contributed by atoms with E-state index in [1.165, 1.54) is 16.1 Å². The van der Waals surface area contributed by atoms with Gasteiger partial charge in [0, 0.05) is 61.6 Å². The lowest BCUT2D eigenvalue weighted by atomic mass is 10.1. The quantitative estimate of drug-likeness (QED) is 0.677. The first kappa shape index (κ1) is 19.5. The van der Waals surface area contributed by atoms with Gasteiger partial charge in [0.25, 0.3) is 0 Å². The maximum absolute atomic E-state index is 5.69. The van der Waals surface area contributed by atoms with Gasteiger partial charge in [-0.1, -0.05) is 24.8 Å². The number of hydrogen-bond acceptors (Lipinski definition) is 7. The third kappa shape index (κ3) is 4.31. The van der Waals surface area contributed by atoms with E-state index in [1.807, 2.05) is 19.4 Å². The maximum atomic E-state index is 5.69. The van der Waals surface area contributed by atoms with Crippen molar-refractivity contribution in [3.8, 4) is 11.1 Å². The number of anilines is 1. The number of benzene rings is 1. The number of nitrogens with two attached hydrogens (primary N) is 1. The molecule has 0 bridgehead atoms. The van der Waals surface area contributed by atoms with E-state index < -0.39 is 0 Å². The number of rotatable bonds is 6. The smallest absolute Gasteiger partial charge is 0.225 e. The SMILES string of the molecule is C=C(CN)N(C)Cc1cccc(-c2cnc(N3CCc4nc(C)sc4C3)nc2)c1. The normalized spacial score (nSPS) is 13.3. The van der Waals surface area contributed by atoms with Crippen molar-refractivity contribution in [1.29, 1.82) is 0 Å². The molecule has 0 saturated carbocycles. The highest BCUT2D eigenvalue weighted by atomic mass is 32.1. The third-order valence-electron chi connectivity index (χ3n) is 5.21. The molecule has 0 atom stereocenters. The fourth-order valence-electron chi connectivity index (χ4n) is 3.52. The Morgan fingerprint density at radius 2 is 2.07 bits per heavy atom. The number of likely N-dealkylation sites (N-methyl/N-ethyl adjacent to an activating group) is 1. The van der Waals surface area contributed by atoms with Crippen LogP contribution in [0.5, 0.6) is 0 Å². The Hall–Kier alpha value is -2.77. The van der Waals surface area contributed by atoms with E-state index in [4.69, 9.17) is 5.73 Å². The second-order valence-electron chi connectivity index (χ2n) is 7.37. The van der Waals surface area contributed by atoms with Crippen molar-refractivity contribution >= 4 is 17.3 Å². The minimum Gasteiger partial charge on any atom is -0.373 e. The lowest BCUT2D eigenvalue weighted by Gasteiger charge is -2.26. The molecule has 3 aromatic rings. The predicted octanol–water partition coefficient (Wildman–Crippen LogP) is 3.38. The van der Waals surface area contributed by atoms with Crippen molar-refractivity contribution in [2.75, 3.05) is 25.0 Å². The van der Waals surface area contributed by atoms with E-state index in [9.17, 15) is 0 Å². The van der Waals surface area contributed by atoms with E-state index in [1.54, 1.807) is 11.3 Å². The molecule has 29 heavy (non-hydrogen) atoms. The third-order valence-corrected chi connectivity index (χ3v) is 6.21. The Kier molecular flexibility index (Phi) is 5.60. The molecule has 0 saturated heterocycles. The van der Waals surface area contributed by atoms with Gasteiger partial charge in [-0.25, -0.2) is 15.0 Å². The average Bonchev–Trinajstić information content (AvgIpc) is 3.12.